The molecule has 0 aromatic heterocycles. The highest BCUT2D eigenvalue weighted by atomic mass is 16.5. The minimum absolute atomic E-state index is 0.0229. The summed E-state index contributed by atoms with van der Waals surface area (Å²) in [6.07, 6.45) is 0.573. The largest absolute Gasteiger partial charge is 0.485 e. The Kier molecular flexibility index (Phi) is 9.24. The van der Waals surface area contributed by atoms with Crippen molar-refractivity contribution in [2.45, 2.75) is 70.9 Å². The number of ether oxygens (including phenoxy) is 2. The van der Waals surface area contributed by atoms with E-state index in [-0.39, 0.29) is 24.5 Å². The van der Waals surface area contributed by atoms with Gasteiger partial charge in [-0.2, -0.15) is 0 Å². The van der Waals surface area contributed by atoms with Gasteiger partial charge in [0.15, 0.2) is 0 Å². The Labute approximate surface area is 221 Å². The van der Waals surface area contributed by atoms with E-state index in [0.717, 1.165) is 49.5 Å². The van der Waals surface area contributed by atoms with Gasteiger partial charge in [0.25, 0.3) is 0 Å². The van der Waals surface area contributed by atoms with Crippen LogP contribution in [-0.4, -0.2) is 66.5 Å². The minimum atomic E-state index is -0.699. The monoisotopic (exact) mass is 509 g/mol. The molecular formula is C30H43N3O4. The van der Waals surface area contributed by atoms with Crippen LogP contribution in [0.15, 0.2) is 48.5 Å². The molecule has 1 saturated heterocycles. The highest BCUT2D eigenvalue weighted by molar-refractivity contribution is 5.78. The van der Waals surface area contributed by atoms with E-state index in [0.29, 0.717) is 19.1 Å². The summed E-state index contributed by atoms with van der Waals surface area (Å²) in [7, 11) is 0. The summed E-state index contributed by atoms with van der Waals surface area (Å²) in [4.78, 5) is 15.2. The lowest BCUT2D eigenvalue weighted by molar-refractivity contribution is -0.121. The third-order valence-corrected chi connectivity index (χ3v) is 7.26. The van der Waals surface area contributed by atoms with Gasteiger partial charge >= 0.3 is 0 Å². The van der Waals surface area contributed by atoms with Crippen LogP contribution >= 0.6 is 0 Å². The molecule has 4 rings (SSSR count). The van der Waals surface area contributed by atoms with Crippen LogP contribution < -0.4 is 15.4 Å². The molecule has 3 N–H and O–H groups in total. The number of aliphatic hydroxyl groups is 1. The summed E-state index contributed by atoms with van der Waals surface area (Å²) < 4.78 is 12.0. The molecule has 7 heteroatoms. The van der Waals surface area contributed by atoms with Gasteiger partial charge in [-0.1, -0.05) is 50.2 Å². The summed E-state index contributed by atoms with van der Waals surface area (Å²) in [5.41, 5.74) is 2.40. The number of carbonyl (C=O) groups excluding carboxylic acids is 1. The molecule has 0 saturated carbocycles. The third-order valence-electron chi connectivity index (χ3n) is 7.26. The maximum absolute atomic E-state index is 12.8. The summed E-state index contributed by atoms with van der Waals surface area (Å²) in [5.74, 6) is 1.30. The van der Waals surface area contributed by atoms with E-state index in [2.05, 4.69) is 53.6 Å². The van der Waals surface area contributed by atoms with Crippen LogP contribution in [0.3, 0.4) is 0 Å². The molecular weight excluding hydrogens is 466 g/mol. The second-order valence-corrected chi connectivity index (χ2v) is 11.3. The number of benzene rings is 2. The van der Waals surface area contributed by atoms with Crippen LogP contribution in [0.4, 0.5) is 0 Å². The van der Waals surface area contributed by atoms with Gasteiger partial charge in [0.2, 0.25) is 5.91 Å². The predicted molar refractivity (Wildman–Crippen MR) is 146 cm³/mol. The van der Waals surface area contributed by atoms with Crippen LogP contribution in [0, 0.1) is 5.92 Å². The van der Waals surface area contributed by atoms with Crippen molar-refractivity contribution in [2.75, 3.05) is 32.8 Å². The van der Waals surface area contributed by atoms with Gasteiger partial charge in [-0.05, 0) is 56.0 Å². The number of hydrogen-bond donors (Lipinski definition) is 3. The lowest BCUT2D eigenvalue weighted by atomic mass is 9.85. The van der Waals surface area contributed by atoms with Crippen LogP contribution in [0.1, 0.15) is 56.8 Å². The molecule has 7 nitrogen and oxygen atoms in total. The molecule has 2 heterocycles. The smallest absolute Gasteiger partial charge is 0.224 e. The molecule has 2 aliphatic rings. The van der Waals surface area contributed by atoms with Crippen molar-refractivity contribution >= 4 is 5.91 Å². The van der Waals surface area contributed by atoms with Crippen molar-refractivity contribution < 1.29 is 19.4 Å². The zero-order valence-electron chi connectivity index (χ0n) is 22.7. The first-order valence-corrected chi connectivity index (χ1v) is 13.6. The number of amides is 1. The second kappa shape index (κ2) is 12.4. The van der Waals surface area contributed by atoms with E-state index in [4.69, 9.17) is 9.47 Å². The molecule has 3 unspecified atom stereocenters. The number of nitrogens with one attached hydrogen (secondary N) is 2. The zero-order valence-corrected chi connectivity index (χ0v) is 22.7. The van der Waals surface area contributed by atoms with Crippen LogP contribution in [0.5, 0.6) is 5.75 Å². The number of hydrogen-bond acceptors (Lipinski definition) is 6. The molecule has 2 aromatic carbocycles. The molecule has 0 aliphatic carbocycles. The molecule has 1 amide bonds. The Morgan fingerprint density at radius 3 is 2.70 bits per heavy atom. The van der Waals surface area contributed by atoms with E-state index < -0.39 is 11.7 Å². The van der Waals surface area contributed by atoms with Crippen molar-refractivity contribution in [1.29, 1.82) is 0 Å². The van der Waals surface area contributed by atoms with Crippen molar-refractivity contribution in [3.05, 3.63) is 65.2 Å². The lowest BCUT2D eigenvalue weighted by Crippen LogP contribution is -2.52. The standard InChI is InChI=1S/C30H43N3O4/c1-21(2)12-13-31-28-25-16-23(10-11-26(25)37-30(3,4)29(28)35)17-27(34)32-18-24-20-33(14-15-36-24)19-22-8-6-5-7-9-22/h5-11,16,21,24,28-29,31,35H,12-15,17-20H2,1-4H3,(H,32,34). The number of fused-ring (bicyclic) bond motifs is 1. The summed E-state index contributed by atoms with van der Waals surface area (Å²) in [6.45, 7) is 12.7. The molecule has 202 valence electrons. The first kappa shape index (κ1) is 27.6. The number of rotatable bonds is 10. The lowest BCUT2D eigenvalue weighted by Gasteiger charge is -2.42. The third kappa shape index (κ3) is 7.54. The Morgan fingerprint density at radius 1 is 1.16 bits per heavy atom. The van der Waals surface area contributed by atoms with Gasteiger partial charge < -0.3 is 25.2 Å². The highest BCUT2D eigenvalue weighted by Gasteiger charge is 2.42. The Hall–Kier alpha value is -2.45. The normalized spacial score (nSPS) is 23.4. The molecule has 37 heavy (non-hydrogen) atoms. The molecule has 1 fully saturated rings. The van der Waals surface area contributed by atoms with Crippen molar-refractivity contribution in [3.63, 3.8) is 0 Å². The Bertz CT molecular complexity index is 1030. The predicted octanol–water partition coefficient (Wildman–Crippen LogP) is 3.46. The molecule has 0 spiro atoms. The van der Waals surface area contributed by atoms with Crippen LogP contribution in [0.2, 0.25) is 0 Å². The molecule has 0 radical (unpaired) electrons. The fourth-order valence-electron chi connectivity index (χ4n) is 5.07. The van der Waals surface area contributed by atoms with Crippen LogP contribution in [0.25, 0.3) is 0 Å². The topological polar surface area (TPSA) is 83.1 Å². The van der Waals surface area contributed by atoms with Crippen LogP contribution in [-0.2, 0) is 22.5 Å². The summed E-state index contributed by atoms with van der Waals surface area (Å²) >= 11 is 0. The molecule has 2 aromatic rings. The highest BCUT2D eigenvalue weighted by Crippen LogP contribution is 2.40. The fraction of sp³-hybridized carbons (Fsp3) is 0.567. The average Bonchev–Trinajstić information content (AvgIpc) is 2.86. The number of morpholine rings is 1. The van der Waals surface area contributed by atoms with Gasteiger partial charge in [0, 0.05) is 31.7 Å². The van der Waals surface area contributed by atoms with E-state index >= 15 is 0 Å². The zero-order chi connectivity index (χ0) is 26.4. The first-order valence-electron chi connectivity index (χ1n) is 13.6. The molecule has 3 atom stereocenters. The SMILES string of the molecule is CC(C)CCNC1c2cc(CC(=O)NCC3CN(Cc4ccccc4)CCO3)ccc2OC(C)(C)C1O. The van der Waals surface area contributed by atoms with E-state index in [1.807, 2.05) is 38.1 Å². The number of aliphatic hydroxyl groups excluding tert-OH is 1. The second-order valence-electron chi connectivity index (χ2n) is 11.3. The molecule has 2 aliphatic heterocycles. The van der Waals surface area contributed by atoms with E-state index in [1.165, 1.54) is 5.56 Å². The number of carbonyl (C=O) groups is 1. The van der Waals surface area contributed by atoms with Crippen molar-refractivity contribution in [1.82, 2.24) is 15.5 Å². The number of nitrogens with zero attached hydrogens (tertiary/aromatic N) is 1. The van der Waals surface area contributed by atoms with Gasteiger partial charge in [-0.3, -0.25) is 9.69 Å². The van der Waals surface area contributed by atoms with Gasteiger partial charge in [0.1, 0.15) is 17.5 Å². The van der Waals surface area contributed by atoms with E-state index in [9.17, 15) is 9.90 Å². The fourth-order valence-corrected chi connectivity index (χ4v) is 5.07. The summed E-state index contributed by atoms with van der Waals surface area (Å²) in [6, 6.07) is 16.1. The Morgan fingerprint density at radius 2 is 1.95 bits per heavy atom. The minimum Gasteiger partial charge on any atom is -0.485 e. The Balaban J connectivity index is 1.33. The van der Waals surface area contributed by atoms with Gasteiger partial charge in [-0.15, -0.1) is 0 Å². The van der Waals surface area contributed by atoms with Crippen molar-refractivity contribution in [3.8, 4) is 5.75 Å². The maximum Gasteiger partial charge on any atom is 0.224 e. The molecule has 0 bridgehead atoms. The van der Waals surface area contributed by atoms with E-state index in [1.54, 1.807) is 0 Å². The summed E-state index contributed by atoms with van der Waals surface area (Å²) in [5, 5.41) is 17.6. The van der Waals surface area contributed by atoms with Crippen molar-refractivity contribution in [2.24, 2.45) is 5.92 Å². The van der Waals surface area contributed by atoms with Gasteiger partial charge in [0.05, 0.1) is 25.2 Å². The maximum atomic E-state index is 12.8. The average molecular weight is 510 g/mol. The first-order chi connectivity index (χ1) is 17.7. The van der Waals surface area contributed by atoms with Gasteiger partial charge in [-0.25, -0.2) is 0 Å². The quantitative estimate of drug-likeness (QED) is 0.455.